The van der Waals surface area contributed by atoms with Crippen molar-refractivity contribution < 1.29 is 64.4 Å². The van der Waals surface area contributed by atoms with Crippen molar-refractivity contribution >= 4 is 10.1 Å². The molecule has 0 fully saturated rings. The number of rotatable bonds is 13. The molecule has 0 aliphatic heterocycles. The van der Waals surface area contributed by atoms with Gasteiger partial charge in [-0.05, 0) is 24.5 Å². The minimum absolute atomic E-state index is 0. The smallest absolute Gasteiger partial charge is 0.282 e. The molecule has 1 N–H and O–H groups in total. The second-order valence-corrected chi connectivity index (χ2v) is 7.76. The van der Waals surface area contributed by atoms with Crippen molar-refractivity contribution in [3.63, 3.8) is 0 Å². The van der Waals surface area contributed by atoms with Crippen LogP contribution in [0, 0.1) is 0 Å². The summed E-state index contributed by atoms with van der Waals surface area (Å²) in [6.45, 7) is 2.24. The Morgan fingerprint density at radius 1 is 0.792 bits per heavy atom. The van der Waals surface area contributed by atoms with Crippen molar-refractivity contribution in [3.8, 4) is 0 Å². The predicted octanol–water partition coefficient (Wildman–Crippen LogP) is 2.79. The molecule has 0 heterocycles. The average molecular weight is 380 g/mol. The molecule has 1 rings (SSSR count). The van der Waals surface area contributed by atoms with Crippen molar-refractivity contribution in [2.24, 2.45) is 0 Å². The molecule has 0 unspecified atom stereocenters. The van der Waals surface area contributed by atoms with Gasteiger partial charge in [-0.15, -0.1) is 0 Å². The van der Waals surface area contributed by atoms with Gasteiger partial charge in [0.15, 0.2) is 0 Å². The third kappa shape index (κ3) is 11.4. The van der Waals surface area contributed by atoms with E-state index in [1.165, 1.54) is 63.9 Å². The summed E-state index contributed by atoms with van der Waals surface area (Å²) < 4.78 is 31.8. The Kier molecular flexibility index (Phi) is 15.4. The molecule has 24 heavy (non-hydrogen) atoms. The van der Waals surface area contributed by atoms with Crippen LogP contribution in [0.4, 0.5) is 0 Å². The van der Waals surface area contributed by atoms with Gasteiger partial charge < -0.3 is 0 Å². The fraction of sp³-hybridized carbons (Fsp3) is 0.684. The van der Waals surface area contributed by atoms with Gasteiger partial charge in [-0.3, -0.25) is 4.55 Å². The molecule has 0 radical (unpaired) electrons. The summed E-state index contributed by atoms with van der Waals surface area (Å²) in [5, 5.41) is 0. The maximum atomic E-state index is 11.3. The molecule has 0 aliphatic rings. The molecule has 0 aromatic heterocycles. The second kappa shape index (κ2) is 14.9. The van der Waals surface area contributed by atoms with Gasteiger partial charge in [0, 0.05) is 0 Å². The van der Waals surface area contributed by atoms with E-state index in [9.17, 15) is 13.0 Å². The molecule has 0 saturated heterocycles. The first-order chi connectivity index (χ1) is 11.1. The van der Waals surface area contributed by atoms with Gasteiger partial charge in [0.05, 0.1) is 4.90 Å². The summed E-state index contributed by atoms with van der Waals surface area (Å²) in [4.78, 5) is 0.0621. The van der Waals surface area contributed by atoms with Crippen molar-refractivity contribution in [3.05, 3.63) is 29.8 Å². The van der Waals surface area contributed by atoms with Gasteiger partial charge in [0.25, 0.3) is 10.1 Å². The van der Waals surface area contributed by atoms with Crippen LogP contribution in [-0.4, -0.2) is 13.0 Å². The molecule has 132 valence electrons. The molecule has 0 spiro atoms. The van der Waals surface area contributed by atoms with Crippen LogP contribution in [0.3, 0.4) is 0 Å². The van der Waals surface area contributed by atoms with Crippen molar-refractivity contribution in [1.82, 2.24) is 0 Å². The fourth-order valence-electron chi connectivity index (χ4n) is 2.94. The molecule has 1 aromatic carbocycles. The second-order valence-electron chi connectivity index (χ2n) is 6.37. The van der Waals surface area contributed by atoms with Gasteiger partial charge in [0.2, 0.25) is 0 Å². The van der Waals surface area contributed by atoms with E-state index in [-0.39, 0.29) is 56.3 Å². The summed E-state index contributed by atoms with van der Waals surface area (Å²) in [6.07, 6.45) is 14.7. The van der Waals surface area contributed by atoms with Crippen molar-refractivity contribution in [2.45, 2.75) is 88.9 Å². The van der Waals surface area contributed by atoms with Crippen molar-refractivity contribution in [1.29, 1.82) is 0 Å². The van der Waals surface area contributed by atoms with Crippen LogP contribution in [0.25, 0.3) is 0 Å². The van der Waals surface area contributed by atoms with Crippen LogP contribution < -0.4 is 51.4 Å². The maximum Gasteiger partial charge on any atom is 1.00 e. The SMILES string of the molecule is CCCCCCCCCCCCCc1ccccc1S(=O)(=O)O.[K+]. The third-order valence-electron chi connectivity index (χ3n) is 4.30. The Balaban J connectivity index is 0.00000529. The largest absolute Gasteiger partial charge is 1.00 e. The van der Waals surface area contributed by atoms with Gasteiger partial charge >= 0.3 is 51.4 Å². The number of unbranched alkanes of at least 4 members (excludes halogenated alkanes) is 10. The molecule has 1 aromatic rings. The summed E-state index contributed by atoms with van der Waals surface area (Å²) in [5.74, 6) is 0. The van der Waals surface area contributed by atoms with E-state index >= 15 is 0 Å². The minimum Gasteiger partial charge on any atom is -0.282 e. The van der Waals surface area contributed by atoms with Gasteiger partial charge in [-0.25, -0.2) is 0 Å². The third-order valence-corrected chi connectivity index (χ3v) is 5.25. The van der Waals surface area contributed by atoms with Crippen LogP contribution in [0.1, 0.15) is 83.1 Å². The van der Waals surface area contributed by atoms with Crippen LogP contribution in [-0.2, 0) is 16.5 Å². The zero-order chi connectivity index (χ0) is 17.0. The Morgan fingerprint density at radius 3 is 1.75 bits per heavy atom. The molecule has 0 saturated carbocycles. The molecule has 0 atom stereocenters. The van der Waals surface area contributed by atoms with E-state index in [4.69, 9.17) is 0 Å². The van der Waals surface area contributed by atoms with E-state index < -0.39 is 10.1 Å². The van der Waals surface area contributed by atoms with Crippen molar-refractivity contribution in [2.75, 3.05) is 0 Å². The molecular weight excluding hydrogens is 347 g/mol. The average Bonchev–Trinajstić information content (AvgIpc) is 2.52. The summed E-state index contributed by atoms with van der Waals surface area (Å²) in [6, 6.07) is 6.73. The van der Waals surface area contributed by atoms with Crippen LogP contribution in [0.5, 0.6) is 0 Å². The molecule has 3 nitrogen and oxygen atoms in total. The van der Waals surface area contributed by atoms with Crippen LogP contribution >= 0.6 is 0 Å². The zero-order valence-electron chi connectivity index (χ0n) is 15.5. The van der Waals surface area contributed by atoms with Crippen LogP contribution in [0.15, 0.2) is 29.2 Å². The Bertz CT molecular complexity index is 529. The standard InChI is InChI=1S/C19H32O3S.K/c1-2-3-4-5-6-7-8-9-10-11-12-15-18-16-13-14-17-19(18)23(20,21)22;/h13-14,16-17H,2-12,15H2,1H3,(H,20,21,22);/q;+1. The molecular formula is C19H32KO3S+. The van der Waals surface area contributed by atoms with E-state index in [1.807, 2.05) is 6.07 Å². The fourth-order valence-corrected chi connectivity index (χ4v) is 3.69. The van der Waals surface area contributed by atoms with E-state index in [2.05, 4.69) is 6.92 Å². The molecule has 5 heteroatoms. The van der Waals surface area contributed by atoms with Crippen LogP contribution in [0.2, 0.25) is 0 Å². The van der Waals surface area contributed by atoms with Gasteiger partial charge in [-0.2, -0.15) is 8.42 Å². The molecule has 0 aliphatic carbocycles. The van der Waals surface area contributed by atoms with E-state index in [1.54, 1.807) is 12.1 Å². The monoisotopic (exact) mass is 379 g/mol. The van der Waals surface area contributed by atoms with Gasteiger partial charge in [-0.1, -0.05) is 89.3 Å². The minimum atomic E-state index is -4.10. The first-order valence-corrected chi connectivity index (χ1v) is 10.5. The Morgan fingerprint density at radius 2 is 1.25 bits per heavy atom. The van der Waals surface area contributed by atoms with E-state index in [0.717, 1.165) is 18.4 Å². The predicted molar refractivity (Wildman–Crippen MR) is 96.4 cm³/mol. The number of aryl methyl sites for hydroxylation is 1. The number of hydrogen-bond acceptors (Lipinski definition) is 2. The maximum absolute atomic E-state index is 11.3. The Hall–Kier alpha value is 0.766. The number of benzene rings is 1. The topological polar surface area (TPSA) is 54.4 Å². The normalized spacial score (nSPS) is 11.2. The summed E-state index contributed by atoms with van der Waals surface area (Å²) in [7, 11) is -4.10. The first-order valence-electron chi connectivity index (χ1n) is 9.11. The quantitative estimate of drug-likeness (QED) is 0.326. The zero-order valence-corrected chi connectivity index (χ0v) is 19.4. The van der Waals surface area contributed by atoms with Gasteiger partial charge in [0.1, 0.15) is 0 Å². The molecule has 0 bridgehead atoms. The summed E-state index contributed by atoms with van der Waals surface area (Å²) >= 11 is 0. The Labute approximate surface area is 191 Å². The summed E-state index contributed by atoms with van der Waals surface area (Å²) in [5.41, 5.74) is 0.728. The molecule has 0 amide bonds. The first kappa shape index (κ1) is 24.8. The van der Waals surface area contributed by atoms with E-state index in [0.29, 0.717) is 6.42 Å². The number of hydrogen-bond donors (Lipinski definition) is 1.